The van der Waals surface area contributed by atoms with E-state index in [-0.39, 0.29) is 0 Å². The second-order valence-electron chi connectivity index (χ2n) is 6.17. The summed E-state index contributed by atoms with van der Waals surface area (Å²) in [5.41, 5.74) is 1.28. The van der Waals surface area contributed by atoms with E-state index in [1.807, 2.05) is 0 Å². The Morgan fingerprint density at radius 3 is 2.38 bits per heavy atom. The summed E-state index contributed by atoms with van der Waals surface area (Å²) >= 11 is 0. The van der Waals surface area contributed by atoms with Gasteiger partial charge >= 0.3 is 11.9 Å². The van der Waals surface area contributed by atoms with E-state index in [0.29, 0.717) is 0 Å². The largest absolute Gasteiger partial charge is 0.494 e. The van der Waals surface area contributed by atoms with Gasteiger partial charge in [0.05, 0.1) is 6.61 Å². The Labute approximate surface area is 143 Å². The van der Waals surface area contributed by atoms with Crippen molar-refractivity contribution < 1.29 is 24.5 Å². The number of rotatable bonds is 5. The van der Waals surface area contributed by atoms with Gasteiger partial charge in [0.25, 0.3) is 0 Å². The van der Waals surface area contributed by atoms with Crippen LogP contribution in [0.25, 0.3) is 0 Å². The lowest BCUT2D eigenvalue weighted by Gasteiger charge is -2.30. The lowest BCUT2D eigenvalue weighted by atomic mass is 10.0. The van der Waals surface area contributed by atoms with E-state index in [1.54, 1.807) is 0 Å². The molecular weight excluding hydrogens is 310 g/mol. The maximum absolute atomic E-state index is 9.10. The number of aryl methyl sites for hydroxylation is 1. The molecule has 1 unspecified atom stereocenters. The molecule has 0 bridgehead atoms. The Hall–Kier alpha value is -2.08. The smallest absolute Gasteiger partial charge is 0.414 e. The second-order valence-corrected chi connectivity index (χ2v) is 6.17. The van der Waals surface area contributed by atoms with Crippen LogP contribution in [0.4, 0.5) is 0 Å². The molecule has 1 heterocycles. The molecule has 2 N–H and O–H groups in total. The van der Waals surface area contributed by atoms with E-state index in [2.05, 4.69) is 43.0 Å². The van der Waals surface area contributed by atoms with Crippen molar-refractivity contribution in [2.45, 2.75) is 33.1 Å². The van der Waals surface area contributed by atoms with Gasteiger partial charge in [-0.1, -0.05) is 24.6 Å². The van der Waals surface area contributed by atoms with Crippen molar-refractivity contribution in [3.63, 3.8) is 0 Å². The molecule has 1 atom stereocenters. The van der Waals surface area contributed by atoms with E-state index in [0.717, 1.165) is 24.7 Å². The van der Waals surface area contributed by atoms with Crippen molar-refractivity contribution >= 4 is 11.9 Å². The standard InChI is InChI=1S/C16H25NO.C2H2O4/c1-14-6-8-16(9-7-14)18-12-4-11-17-10-3-5-15(2)13-17;3-1(4)2(5)6/h6-9,15H,3-5,10-13H2,1-2H3;(H,3,4)(H,5,6). The van der Waals surface area contributed by atoms with E-state index < -0.39 is 11.9 Å². The third-order valence-corrected chi connectivity index (χ3v) is 3.83. The minimum Gasteiger partial charge on any atom is -0.494 e. The van der Waals surface area contributed by atoms with Crippen molar-refractivity contribution in [3.8, 4) is 5.75 Å². The summed E-state index contributed by atoms with van der Waals surface area (Å²) in [7, 11) is 0. The average Bonchev–Trinajstić information content (AvgIpc) is 2.54. The molecule has 6 heteroatoms. The first-order valence-electron chi connectivity index (χ1n) is 8.26. The zero-order valence-electron chi connectivity index (χ0n) is 14.4. The molecule has 24 heavy (non-hydrogen) atoms. The summed E-state index contributed by atoms with van der Waals surface area (Å²) in [4.78, 5) is 20.8. The van der Waals surface area contributed by atoms with Gasteiger partial charge in [-0.25, -0.2) is 9.59 Å². The molecule has 0 radical (unpaired) electrons. The lowest BCUT2D eigenvalue weighted by Crippen LogP contribution is -2.35. The number of carboxylic acids is 2. The highest BCUT2D eigenvalue weighted by Gasteiger charge is 2.15. The van der Waals surface area contributed by atoms with E-state index in [9.17, 15) is 0 Å². The van der Waals surface area contributed by atoms with Gasteiger partial charge in [-0.05, 0) is 50.8 Å². The van der Waals surface area contributed by atoms with Gasteiger partial charge in [-0.3, -0.25) is 0 Å². The van der Waals surface area contributed by atoms with Crippen LogP contribution >= 0.6 is 0 Å². The first-order chi connectivity index (χ1) is 11.4. The fraction of sp³-hybridized carbons (Fsp3) is 0.556. The van der Waals surface area contributed by atoms with Crippen molar-refractivity contribution in [1.82, 2.24) is 4.90 Å². The first-order valence-corrected chi connectivity index (χ1v) is 8.26. The topological polar surface area (TPSA) is 87.1 Å². The lowest BCUT2D eigenvalue weighted by molar-refractivity contribution is -0.159. The fourth-order valence-electron chi connectivity index (χ4n) is 2.60. The van der Waals surface area contributed by atoms with Crippen molar-refractivity contribution in [2.24, 2.45) is 5.92 Å². The van der Waals surface area contributed by atoms with Gasteiger partial charge in [0.15, 0.2) is 0 Å². The summed E-state index contributed by atoms with van der Waals surface area (Å²) in [6.45, 7) is 9.00. The van der Waals surface area contributed by atoms with Crippen LogP contribution in [0.1, 0.15) is 31.7 Å². The predicted octanol–water partition coefficient (Wildman–Crippen LogP) is 2.65. The highest BCUT2D eigenvalue weighted by Crippen LogP contribution is 2.16. The number of aliphatic carboxylic acids is 2. The first kappa shape index (κ1) is 20.0. The zero-order valence-corrected chi connectivity index (χ0v) is 14.4. The SMILES string of the molecule is Cc1ccc(OCCCN2CCCC(C)C2)cc1.O=C(O)C(=O)O. The van der Waals surface area contributed by atoms with Crippen LogP contribution in [-0.4, -0.2) is 53.3 Å². The quantitative estimate of drug-likeness (QED) is 0.634. The highest BCUT2D eigenvalue weighted by atomic mass is 16.5. The third kappa shape index (κ3) is 8.53. The number of hydrogen-bond acceptors (Lipinski definition) is 4. The van der Waals surface area contributed by atoms with Gasteiger partial charge in [0.2, 0.25) is 0 Å². The minimum absolute atomic E-state index is 0.827. The molecule has 1 aromatic rings. The summed E-state index contributed by atoms with van der Waals surface area (Å²) in [5.74, 6) is -1.78. The molecule has 134 valence electrons. The van der Waals surface area contributed by atoms with Crippen LogP contribution in [0, 0.1) is 12.8 Å². The number of nitrogens with zero attached hydrogens (tertiary/aromatic N) is 1. The van der Waals surface area contributed by atoms with Crippen LogP contribution in [0.2, 0.25) is 0 Å². The molecule has 1 fully saturated rings. The summed E-state index contributed by atoms with van der Waals surface area (Å²) in [6, 6.07) is 8.31. The molecule has 1 aliphatic heterocycles. The number of likely N-dealkylation sites (tertiary alicyclic amines) is 1. The number of carbonyl (C=O) groups is 2. The maximum atomic E-state index is 9.10. The van der Waals surface area contributed by atoms with Crippen LogP contribution in [0.3, 0.4) is 0 Å². The second kappa shape index (κ2) is 10.6. The van der Waals surface area contributed by atoms with Gasteiger partial charge < -0.3 is 19.8 Å². The minimum atomic E-state index is -1.82. The third-order valence-electron chi connectivity index (χ3n) is 3.83. The van der Waals surface area contributed by atoms with Gasteiger partial charge in [0.1, 0.15) is 5.75 Å². The molecule has 1 aromatic carbocycles. The van der Waals surface area contributed by atoms with E-state index in [1.165, 1.54) is 38.0 Å². The summed E-state index contributed by atoms with van der Waals surface area (Å²) in [6.07, 6.45) is 3.89. The molecule has 6 nitrogen and oxygen atoms in total. The number of hydrogen-bond donors (Lipinski definition) is 2. The number of benzene rings is 1. The summed E-state index contributed by atoms with van der Waals surface area (Å²) < 4.78 is 5.75. The molecule has 0 aromatic heterocycles. The monoisotopic (exact) mass is 337 g/mol. The Morgan fingerprint density at radius 1 is 1.21 bits per heavy atom. The molecule has 0 aliphatic carbocycles. The summed E-state index contributed by atoms with van der Waals surface area (Å²) in [5, 5.41) is 14.8. The normalized spacial score (nSPS) is 17.5. The molecule has 0 amide bonds. The van der Waals surface area contributed by atoms with Gasteiger partial charge in [-0.15, -0.1) is 0 Å². The Morgan fingerprint density at radius 2 is 1.83 bits per heavy atom. The van der Waals surface area contributed by atoms with Crippen LogP contribution in [0.15, 0.2) is 24.3 Å². The molecule has 1 aliphatic rings. The predicted molar refractivity (Wildman–Crippen MR) is 91.4 cm³/mol. The van der Waals surface area contributed by atoms with Crippen LogP contribution in [0.5, 0.6) is 5.75 Å². The average molecular weight is 337 g/mol. The van der Waals surface area contributed by atoms with Crippen molar-refractivity contribution in [2.75, 3.05) is 26.2 Å². The number of carboxylic acid groups (broad SMARTS) is 2. The van der Waals surface area contributed by atoms with Crippen molar-refractivity contribution in [3.05, 3.63) is 29.8 Å². The fourth-order valence-corrected chi connectivity index (χ4v) is 2.60. The Kier molecular flexibility index (Phi) is 8.86. The molecule has 0 saturated carbocycles. The Balaban J connectivity index is 0.000000413. The van der Waals surface area contributed by atoms with Crippen molar-refractivity contribution in [1.29, 1.82) is 0 Å². The van der Waals surface area contributed by atoms with Crippen LogP contribution in [-0.2, 0) is 9.59 Å². The molecular formula is C18H27NO5. The molecule has 2 rings (SSSR count). The van der Waals surface area contributed by atoms with E-state index >= 15 is 0 Å². The Bertz CT molecular complexity index is 503. The number of piperidine rings is 1. The van der Waals surface area contributed by atoms with Gasteiger partial charge in [-0.2, -0.15) is 0 Å². The highest BCUT2D eigenvalue weighted by molar-refractivity contribution is 6.27. The van der Waals surface area contributed by atoms with Crippen LogP contribution < -0.4 is 4.74 Å². The van der Waals surface area contributed by atoms with Gasteiger partial charge in [0, 0.05) is 13.1 Å². The number of ether oxygens (including phenoxy) is 1. The molecule has 0 spiro atoms. The zero-order chi connectivity index (χ0) is 17.9. The van der Waals surface area contributed by atoms with E-state index in [4.69, 9.17) is 24.5 Å². The molecule has 1 saturated heterocycles. The maximum Gasteiger partial charge on any atom is 0.414 e.